The lowest BCUT2D eigenvalue weighted by Crippen LogP contribution is -2.06. The Bertz CT molecular complexity index is 688. The predicted octanol–water partition coefficient (Wildman–Crippen LogP) is 3.63. The Morgan fingerprint density at radius 1 is 1.37 bits per heavy atom. The lowest BCUT2D eigenvalue weighted by Gasteiger charge is -2.06. The van der Waals surface area contributed by atoms with Crippen molar-refractivity contribution in [2.75, 3.05) is 5.88 Å². The maximum Gasteiger partial charge on any atom is 0.111 e. The Morgan fingerprint density at radius 3 is 3.00 bits per heavy atom. The van der Waals surface area contributed by atoms with Gasteiger partial charge in [0.25, 0.3) is 0 Å². The zero-order valence-corrected chi connectivity index (χ0v) is 12.2. The number of imidazole rings is 1. The van der Waals surface area contributed by atoms with Gasteiger partial charge in [-0.15, -0.1) is 22.9 Å². The van der Waals surface area contributed by atoms with E-state index in [9.17, 15) is 0 Å². The third-order valence-electron chi connectivity index (χ3n) is 3.10. The fourth-order valence-electron chi connectivity index (χ4n) is 2.22. The van der Waals surface area contributed by atoms with E-state index in [1.165, 1.54) is 5.56 Å². The summed E-state index contributed by atoms with van der Waals surface area (Å²) in [7, 11) is 0. The molecule has 3 nitrogen and oxygen atoms in total. The van der Waals surface area contributed by atoms with E-state index in [2.05, 4.69) is 40.1 Å². The van der Waals surface area contributed by atoms with Crippen LogP contribution in [-0.2, 0) is 13.0 Å². The molecule has 1 aromatic carbocycles. The number of benzene rings is 1. The molecule has 0 radical (unpaired) electrons. The van der Waals surface area contributed by atoms with Gasteiger partial charge in [-0.05, 0) is 24.6 Å². The summed E-state index contributed by atoms with van der Waals surface area (Å²) in [4.78, 5) is 9.05. The van der Waals surface area contributed by atoms with Crippen molar-refractivity contribution >= 4 is 34.0 Å². The molecule has 2 aromatic heterocycles. The first-order valence-corrected chi connectivity index (χ1v) is 7.64. The molecule has 0 saturated heterocycles. The lowest BCUT2D eigenvalue weighted by atomic mass is 10.2. The summed E-state index contributed by atoms with van der Waals surface area (Å²) in [5.41, 5.74) is 6.35. The highest BCUT2D eigenvalue weighted by Crippen LogP contribution is 2.20. The normalized spacial score (nSPS) is 11.3. The van der Waals surface area contributed by atoms with Crippen LogP contribution in [-0.4, -0.2) is 20.4 Å². The molecular weight excluding hydrogens is 278 g/mol. The standard InChI is InChI=1S/C14H14ClN3S/c1-10-2-3-13-12(6-10)17-14(4-5-15)18(13)7-11-8-19-9-16-11/h2-3,6,8-9H,4-5,7H2,1H3. The molecule has 0 amide bonds. The van der Waals surface area contributed by atoms with E-state index in [4.69, 9.17) is 16.6 Å². The number of fused-ring (bicyclic) bond motifs is 1. The van der Waals surface area contributed by atoms with E-state index in [0.29, 0.717) is 5.88 Å². The molecule has 0 aliphatic heterocycles. The molecule has 0 atom stereocenters. The van der Waals surface area contributed by atoms with Crippen molar-refractivity contribution in [3.8, 4) is 0 Å². The minimum absolute atomic E-state index is 0.583. The summed E-state index contributed by atoms with van der Waals surface area (Å²) in [6, 6.07) is 6.36. The zero-order valence-electron chi connectivity index (χ0n) is 10.6. The SMILES string of the molecule is Cc1ccc2c(c1)nc(CCCl)n2Cc1cscn1. The van der Waals surface area contributed by atoms with Gasteiger partial charge in [-0.25, -0.2) is 9.97 Å². The summed E-state index contributed by atoms with van der Waals surface area (Å²) in [5, 5.41) is 2.07. The molecule has 0 bridgehead atoms. The average molecular weight is 292 g/mol. The lowest BCUT2D eigenvalue weighted by molar-refractivity contribution is 0.741. The number of thiazole rings is 1. The minimum Gasteiger partial charge on any atom is -0.322 e. The molecule has 0 saturated carbocycles. The van der Waals surface area contributed by atoms with Gasteiger partial charge in [-0.2, -0.15) is 0 Å². The second-order valence-electron chi connectivity index (χ2n) is 4.53. The number of nitrogens with zero attached hydrogens (tertiary/aromatic N) is 3. The molecule has 0 aliphatic rings. The van der Waals surface area contributed by atoms with Gasteiger partial charge in [-0.3, -0.25) is 0 Å². The molecule has 0 spiro atoms. The van der Waals surface area contributed by atoms with Crippen LogP contribution in [0.5, 0.6) is 0 Å². The minimum atomic E-state index is 0.583. The molecular formula is C14H14ClN3S. The smallest absolute Gasteiger partial charge is 0.111 e. The summed E-state index contributed by atoms with van der Waals surface area (Å²) < 4.78 is 2.21. The number of aryl methyl sites for hydroxylation is 2. The Morgan fingerprint density at radius 2 is 2.26 bits per heavy atom. The van der Waals surface area contributed by atoms with E-state index in [1.807, 2.05) is 5.51 Å². The van der Waals surface area contributed by atoms with Crippen LogP contribution in [0.1, 0.15) is 17.1 Å². The van der Waals surface area contributed by atoms with Gasteiger partial charge < -0.3 is 4.57 Å². The maximum atomic E-state index is 5.88. The topological polar surface area (TPSA) is 30.7 Å². The predicted molar refractivity (Wildman–Crippen MR) is 80.1 cm³/mol. The first kappa shape index (κ1) is 12.6. The van der Waals surface area contributed by atoms with Crippen LogP contribution in [0.15, 0.2) is 29.1 Å². The highest BCUT2D eigenvalue weighted by Gasteiger charge is 2.11. The monoisotopic (exact) mass is 291 g/mol. The van der Waals surface area contributed by atoms with Crippen molar-refractivity contribution in [3.05, 3.63) is 46.2 Å². The van der Waals surface area contributed by atoms with E-state index >= 15 is 0 Å². The highest BCUT2D eigenvalue weighted by molar-refractivity contribution is 7.07. The molecule has 0 fully saturated rings. The Labute approximate surface area is 120 Å². The second-order valence-corrected chi connectivity index (χ2v) is 5.62. The number of rotatable bonds is 4. The second kappa shape index (κ2) is 5.31. The maximum absolute atomic E-state index is 5.88. The van der Waals surface area contributed by atoms with E-state index < -0.39 is 0 Å². The molecule has 3 rings (SSSR count). The van der Waals surface area contributed by atoms with Gasteiger partial charge in [0.05, 0.1) is 28.8 Å². The van der Waals surface area contributed by atoms with Crippen molar-refractivity contribution in [1.29, 1.82) is 0 Å². The van der Waals surface area contributed by atoms with E-state index in [0.717, 1.165) is 35.5 Å². The van der Waals surface area contributed by atoms with Crippen LogP contribution < -0.4 is 0 Å². The van der Waals surface area contributed by atoms with Gasteiger partial charge >= 0.3 is 0 Å². The summed E-state index contributed by atoms with van der Waals surface area (Å²) in [5.74, 6) is 1.61. The molecule has 98 valence electrons. The van der Waals surface area contributed by atoms with Crippen LogP contribution >= 0.6 is 22.9 Å². The van der Waals surface area contributed by atoms with Gasteiger partial charge in [0.1, 0.15) is 5.82 Å². The Kier molecular flexibility index (Phi) is 3.53. The fourth-order valence-corrected chi connectivity index (χ4v) is 2.94. The first-order valence-electron chi connectivity index (χ1n) is 6.16. The van der Waals surface area contributed by atoms with Crippen LogP contribution in [0.3, 0.4) is 0 Å². The molecule has 3 aromatic rings. The summed E-state index contributed by atoms with van der Waals surface area (Å²) in [6.45, 7) is 2.84. The zero-order chi connectivity index (χ0) is 13.2. The van der Waals surface area contributed by atoms with Crippen molar-refractivity contribution in [2.45, 2.75) is 19.9 Å². The van der Waals surface area contributed by atoms with Crippen molar-refractivity contribution in [2.24, 2.45) is 0 Å². The largest absolute Gasteiger partial charge is 0.322 e. The van der Waals surface area contributed by atoms with Crippen molar-refractivity contribution in [1.82, 2.24) is 14.5 Å². The first-order chi connectivity index (χ1) is 9.28. The molecule has 19 heavy (non-hydrogen) atoms. The van der Waals surface area contributed by atoms with E-state index in [-0.39, 0.29) is 0 Å². The summed E-state index contributed by atoms with van der Waals surface area (Å²) in [6.07, 6.45) is 0.777. The number of hydrogen-bond donors (Lipinski definition) is 0. The third kappa shape index (κ3) is 2.51. The van der Waals surface area contributed by atoms with Gasteiger partial charge in [-0.1, -0.05) is 6.07 Å². The van der Waals surface area contributed by atoms with Crippen LogP contribution in [0.25, 0.3) is 11.0 Å². The number of hydrogen-bond acceptors (Lipinski definition) is 3. The van der Waals surface area contributed by atoms with Crippen molar-refractivity contribution in [3.63, 3.8) is 0 Å². The number of halogens is 1. The molecule has 0 N–H and O–H groups in total. The Balaban J connectivity index is 2.10. The number of aromatic nitrogens is 3. The fraction of sp³-hybridized carbons (Fsp3) is 0.286. The van der Waals surface area contributed by atoms with Gasteiger partial charge in [0, 0.05) is 17.7 Å². The van der Waals surface area contributed by atoms with E-state index in [1.54, 1.807) is 11.3 Å². The van der Waals surface area contributed by atoms with Gasteiger partial charge in [0.15, 0.2) is 0 Å². The molecule has 2 heterocycles. The average Bonchev–Trinajstić information content (AvgIpc) is 2.99. The van der Waals surface area contributed by atoms with Crippen LogP contribution in [0.2, 0.25) is 0 Å². The molecule has 5 heteroatoms. The van der Waals surface area contributed by atoms with Crippen LogP contribution in [0.4, 0.5) is 0 Å². The number of alkyl halides is 1. The van der Waals surface area contributed by atoms with Crippen LogP contribution in [0, 0.1) is 6.92 Å². The molecule has 0 unspecified atom stereocenters. The summed E-state index contributed by atoms with van der Waals surface area (Å²) >= 11 is 7.50. The quantitative estimate of drug-likeness (QED) is 0.687. The molecule has 0 aliphatic carbocycles. The third-order valence-corrected chi connectivity index (χ3v) is 3.93. The van der Waals surface area contributed by atoms with Crippen molar-refractivity contribution < 1.29 is 0 Å². The van der Waals surface area contributed by atoms with Gasteiger partial charge in [0.2, 0.25) is 0 Å². The Hall–Kier alpha value is -1.39. The highest BCUT2D eigenvalue weighted by atomic mass is 35.5.